The van der Waals surface area contributed by atoms with Gasteiger partial charge in [0.05, 0.1) is 6.54 Å². The molecule has 0 aromatic heterocycles. The summed E-state index contributed by atoms with van der Waals surface area (Å²) in [7, 11) is 0. The van der Waals surface area contributed by atoms with Crippen LogP contribution < -0.4 is 0 Å². The number of hydrogen-bond donors (Lipinski definition) is 1. The molecule has 23 heavy (non-hydrogen) atoms. The number of nitrogens with zero attached hydrogens (tertiary/aromatic N) is 2. The maximum absolute atomic E-state index is 12.7. The molecule has 0 spiro atoms. The van der Waals surface area contributed by atoms with E-state index in [0.717, 1.165) is 38.9 Å². The summed E-state index contributed by atoms with van der Waals surface area (Å²) < 4.78 is 0. The van der Waals surface area contributed by atoms with Crippen LogP contribution in [0.5, 0.6) is 0 Å². The lowest BCUT2D eigenvalue weighted by Gasteiger charge is -2.32. The van der Waals surface area contributed by atoms with E-state index < -0.39 is 0 Å². The molecule has 1 amide bonds. The molecule has 0 aliphatic carbocycles. The van der Waals surface area contributed by atoms with E-state index >= 15 is 0 Å². The maximum Gasteiger partial charge on any atom is 0.237 e. The molecule has 128 valence electrons. The van der Waals surface area contributed by atoms with Gasteiger partial charge in [0.15, 0.2) is 0 Å². The second kappa shape index (κ2) is 9.04. The molecule has 0 unspecified atom stereocenters. The lowest BCUT2D eigenvalue weighted by molar-refractivity contribution is -0.133. The summed E-state index contributed by atoms with van der Waals surface area (Å²) in [5.41, 5.74) is 2.44. The maximum atomic E-state index is 12.7. The third kappa shape index (κ3) is 5.63. The Labute approximate surface area is 140 Å². The number of carbonyl (C=O) groups excluding carboxylic acids is 1. The first kappa shape index (κ1) is 18.0. The van der Waals surface area contributed by atoms with E-state index in [-0.39, 0.29) is 12.5 Å². The van der Waals surface area contributed by atoms with Gasteiger partial charge in [-0.3, -0.25) is 9.69 Å². The van der Waals surface area contributed by atoms with Crippen molar-refractivity contribution in [3.8, 4) is 0 Å². The van der Waals surface area contributed by atoms with Gasteiger partial charge in [-0.05, 0) is 50.8 Å². The first-order valence-electron chi connectivity index (χ1n) is 8.79. The van der Waals surface area contributed by atoms with Gasteiger partial charge in [0.25, 0.3) is 0 Å². The Bertz CT molecular complexity index is 479. The lowest BCUT2D eigenvalue weighted by atomic mass is 9.98. The van der Waals surface area contributed by atoms with Crippen LogP contribution in [-0.2, 0) is 11.3 Å². The van der Waals surface area contributed by atoms with Crippen molar-refractivity contribution in [3.63, 3.8) is 0 Å². The number of benzene rings is 1. The summed E-state index contributed by atoms with van der Waals surface area (Å²) in [6.45, 7) is 8.31. The van der Waals surface area contributed by atoms with Crippen molar-refractivity contribution < 1.29 is 9.90 Å². The van der Waals surface area contributed by atoms with Gasteiger partial charge in [-0.2, -0.15) is 0 Å². The van der Waals surface area contributed by atoms with Gasteiger partial charge in [0, 0.05) is 19.7 Å². The fourth-order valence-electron chi connectivity index (χ4n) is 3.09. The van der Waals surface area contributed by atoms with E-state index in [1.54, 1.807) is 0 Å². The molecule has 1 aliphatic rings. The highest BCUT2D eigenvalue weighted by Gasteiger charge is 2.22. The highest BCUT2D eigenvalue weighted by Crippen LogP contribution is 2.16. The zero-order chi connectivity index (χ0) is 16.7. The first-order chi connectivity index (χ1) is 11.1. The predicted molar refractivity (Wildman–Crippen MR) is 93.1 cm³/mol. The zero-order valence-electron chi connectivity index (χ0n) is 14.5. The van der Waals surface area contributed by atoms with Crippen molar-refractivity contribution in [2.24, 2.45) is 5.92 Å². The van der Waals surface area contributed by atoms with Crippen LogP contribution >= 0.6 is 0 Å². The molecule has 0 saturated carbocycles. The van der Waals surface area contributed by atoms with Crippen molar-refractivity contribution in [3.05, 3.63) is 35.4 Å². The number of likely N-dealkylation sites (tertiary alicyclic amines) is 1. The number of carbonyl (C=O) groups is 1. The molecule has 1 aromatic rings. The number of amides is 1. The van der Waals surface area contributed by atoms with Crippen LogP contribution in [0, 0.1) is 12.8 Å². The van der Waals surface area contributed by atoms with E-state index in [9.17, 15) is 9.90 Å². The summed E-state index contributed by atoms with van der Waals surface area (Å²) in [5.74, 6) is 0.635. The molecule has 1 N–H and O–H groups in total. The van der Waals surface area contributed by atoms with Crippen LogP contribution in [0.1, 0.15) is 37.3 Å². The summed E-state index contributed by atoms with van der Waals surface area (Å²) in [6, 6.07) is 8.42. The third-order valence-corrected chi connectivity index (χ3v) is 4.66. The van der Waals surface area contributed by atoms with Crippen molar-refractivity contribution >= 4 is 5.91 Å². The molecule has 0 atom stereocenters. The summed E-state index contributed by atoms with van der Waals surface area (Å²) in [5, 5.41) is 9.21. The number of piperidine rings is 1. The van der Waals surface area contributed by atoms with Gasteiger partial charge in [-0.25, -0.2) is 0 Å². The second-order valence-corrected chi connectivity index (χ2v) is 6.70. The molecule has 1 aliphatic heterocycles. The van der Waals surface area contributed by atoms with Crippen molar-refractivity contribution in [1.29, 1.82) is 0 Å². The average Bonchev–Trinajstić information content (AvgIpc) is 2.57. The Morgan fingerprint density at radius 2 is 1.91 bits per heavy atom. The first-order valence-corrected chi connectivity index (χ1v) is 8.79. The minimum absolute atomic E-state index is 0.217. The quantitative estimate of drug-likeness (QED) is 0.840. The topological polar surface area (TPSA) is 43.8 Å². The Morgan fingerprint density at radius 3 is 2.48 bits per heavy atom. The van der Waals surface area contributed by atoms with E-state index in [1.807, 2.05) is 4.90 Å². The van der Waals surface area contributed by atoms with Crippen LogP contribution in [0.4, 0.5) is 0 Å². The average molecular weight is 318 g/mol. The Morgan fingerprint density at radius 1 is 1.26 bits per heavy atom. The zero-order valence-corrected chi connectivity index (χ0v) is 14.5. The van der Waals surface area contributed by atoms with Crippen LogP contribution in [0.2, 0.25) is 0 Å². The van der Waals surface area contributed by atoms with Crippen LogP contribution in [-0.4, -0.2) is 53.6 Å². The van der Waals surface area contributed by atoms with Gasteiger partial charge in [-0.1, -0.05) is 36.8 Å². The van der Waals surface area contributed by atoms with Gasteiger partial charge in [0.2, 0.25) is 5.91 Å². The molecule has 0 bridgehead atoms. The number of hydrogen-bond acceptors (Lipinski definition) is 3. The van der Waals surface area contributed by atoms with Crippen LogP contribution in [0.15, 0.2) is 24.3 Å². The highest BCUT2D eigenvalue weighted by atomic mass is 16.3. The minimum Gasteiger partial charge on any atom is -0.396 e. The lowest BCUT2D eigenvalue weighted by Crippen LogP contribution is -2.43. The molecule has 4 heteroatoms. The molecule has 1 aromatic carbocycles. The Kier molecular flexibility index (Phi) is 7.06. The number of aryl methyl sites for hydroxylation is 1. The number of rotatable bonds is 7. The van der Waals surface area contributed by atoms with Crippen LogP contribution in [0.25, 0.3) is 0 Å². The standard InChI is InChI=1S/C19H30N2O2/c1-3-10-21(13-17-6-4-16(2)5-7-17)19(23)14-20-11-8-18(15-22)9-12-20/h4-7,18,22H,3,8-15H2,1-2H3. The van der Waals surface area contributed by atoms with Crippen molar-refractivity contribution in [2.75, 3.05) is 32.8 Å². The van der Waals surface area contributed by atoms with Gasteiger partial charge < -0.3 is 10.0 Å². The van der Waals surface area contributed by atoms with E-state index in [4.69, 9.17) is 0 Å². The smallest absolute Gasteiger partial charge is 0.237 e. The Hall–Kier alpha value is -1.39. The van der Waals surface area contributed by atoms with Gasteiger partial charge in [0.1, 0.15) is 0 Å². The monoisotopic (exact) mass is 318 g/mol. The largest absolute Gasteiger partial charge is 0.396 e. The Balaban J connectivity index is 1.89. The number of aliphatic hydroxyl groups excluding tert-OH is 1. The fourth-order valence-corrected chi connectivity index (χ4v) is 3.09. The molecule has 1 fully saturated rings. The molecule has 1 saturated heterocycles. The van der Waals surface area contributed by atoms with Gasteiger partial charge >= 0.3 is 0 Å². The molecular weight excluding hydrogens is 288 g/mol. The third-order valence-electron chi connectivity index (χ3n) is 4.66. The summed E-state index contributed by atoms with van der Waals surface area (Å²) in [4.78, 5) is 16.9. The van der Waals surface area contributed by atoms with Crippen molar-refractivity contribution in [1.82, 2.24) is 9.80 Å². The van der Waals surface area contributed by atoms with E-state index in [0.29, 0.717) is 19.0 Å². The van der Waals surface area contributed by atoms with Crippen LogP contribution in [0.3, 0.4) is 0 Å². The normalized spacial score (nSPS) is 16.5. The predicted octanol–water partition coefficient (Wildman–Crippen LogP) is 2.44. The fraction of sp³-hybridized carbons (Fsp3) is 0.632. The van der Waals surface area contributed by atoms with E-state index in [2.05, 4.69) is 43.0 Å². The number of aliphatic hydroxyl groups is 1. The van der Waals surface area contributed by atoms with E-state index in [1.165, 1.54) is 11.1 Å². The summed E-state index contributed by atoms with van der Waals surface area (Å²) >= 11 is 0. The second-order valence-electron chi connectivity index (χ2n) is 6.70. The van der Waals surface area contributed by atoms with Crippen molar-refractivity contribution in [2.45, 2.75) is 39.7 Å². The molecule has 0 radical (unpaired) electrons. The highest BCUT2D eigenvalue weighted by molar-refractivity contribution is 5.78. The van der Waals surface area contributed by atoms with Gasteiger partial charge in [-0.15, -0.1) is 0 Å². The molecule has 1 heterocycles. The SMILES string of the molecule is CCCN(Cc1ccc(C)cc1)C(=O)CN1CCC(CO)CC1. The minimum atomic E-state index is 0.217. The molecular formula is C19H30N2O2. The summed E-state index contributed by atoms with van der Waals surface area (Å²) in [6.07, 6.45) is 2.97. The molecule has 4 nitrogen and oxygen atoms in total. The molecule has 2 rings (SSSR count).